The van der Waals surface area contributed by atoms with Crippen molar-refractivity contribution < 1.29 is 19.2 Å². The maximum Gasteiger partial charge on any atom is 0.411 e. The quantitative estimate of drug-likeness (QED) is 0.386. The third-order valence-electron chi connectivity index (χ3n) is 5.41. The summed E-state index contributed by atoms with van der Waals surface area (Å²) in [6.45, 7) is 0.222. The van der Waals surface area contributed by atoms with Crippen LogP contribution in [0, 0.1) is 10.1 Å². The maximum atomic E-state index is 13.0. The highest BCUT2D eigenvalue weighted by atomic mass is 32.1. The van der Waals surface area contributed by atoms with E-state index in [1.807, 2.05) is 12.1 Å². The van der Waals surface area contributed by atoms with Gasteiger partial charge in [0.05, 0.1) is 4.92 Å². The largest absolute Gasteiger partial charge is 0.445 e. The summed E-state index contributed by atoms with van der Waals surface area (Å²) in [7, 11) is 1.54. The number of pyridine rings is 1. The molecule has 0 aliphatic carbocycles. The zero-order valence-corrected chi connectivity index (χ0v) is 18.0. The summed E-state index contributed by atoms with van der Waals surface area (Å²) in [6, 6.07) is 9.52. The zero-order valence-electron chi connectivity index (χ0n) is 17.1. The molecule has 2 aromatic rings. The number of nitrogens with zero attached hydrogens (tertiary/aromatic N) is 3. The second-order valence-electron chi connectivity index (χ2n) is 7.42. The number of nitro groups is 1. The van der Waals surface area contributed by atoms with E-state index in [2.05, 4.69) is 22.9 Å². The Bertz CT molecular complexity index is 941. The van der Waals surface area contributed by atoms with Crippen LogP contribution < -0.4 is 5.32 Å². The number of benzene rings is 1. The van der Waals surface area contributed by atoms with E-state index in [4.69, 9.17) is 4.74 Å². The number of aromatic nitrogens is 1. The molecule has 0 spiro atoms. The van der Waals surface area contributed by atoms with Gasteiger partial charge in [0.25, 0.3) is 5.69 Å². The number of amides is 2. The van der Waals surface area contributed by atoms with E-state index in [0.717, 1.165) is 5.56 Å². The molecule has 1 aromatic carbocycles. The van der Waals surface area contributed by atoms with Gasteiger partial charge in [-0.3, -0.25) is 24.8 Å². The summed E-state index contributed by atoms with van der Waals surface area (Å²) in [5, 5.41) is 13.3. The number of thiol groups is 1. The number of carbonyl (C=O) groups is 2. The topological polar surface area (TPSA) is 115 Å². The van der Waals surface area contributed by atoms with E-state index in [1.54, 1.807) is 19.4 Å². The van der Waals surface area contributed by atoms with Crippen LogP contribution in [0.5, 0.6) is 0 Å². The summed E-state index contributed by atoms with van der Waals surface area (Å²) in [5.74, 6) is -0.264. The van der Waals surface area contributed by atoms with E-state index in [9.17, 15) is 19.7 Å². The van der Waals surface area contributed by atoms with Gasteiger partial charge in [0, 0.05) is 43.4 Å². The third kappa shape index (κ3) is 5.13. The molecule has 10 heteroatoms. The van der Waals surface area contributed by atoms with E-state index in [0.29, 0.717) is 24.8 Å². The lowest BCUT2D eigenvalue weighted by molar-refractivity contribution is -0.384. The average Bonchev–Trinajstić information content (AvgIpc) is 3.14. The van der Waals surface area contributed by atoms with Crippen molar-refractivity contribution in [3.8, 4) is 0 Å². The first kappa shape index (κ1) is 22.5. The molecule has 3 rings (SSSR count). The van der Waals surface area contributed by atoms with E-state index >= 15 is 0 Å². The summed E-state index contributed by atoms with van der Waals surface area (Å²) in [4.78, 5) is 41.7. The van der Waals surface area contributed by atoms with Crippen LogP contribution in [0.2, 0.25) is 0 Å². The van der Waals surface area contributed by atoms with Gasteiger partial charge in [0.1, 0.15) is 12.1 Å². The third-order valence-corrected chi connectivity index (χ3v) is 5.76. The number of hydrogen-bond donors (Lipinski definition) is 2. The number of nitrogens with one attached hydrogen (secondary N) is 1. The normalized spacial score (nSPS) is 20.3. The lowest BCUT2D eigenvalue weighted by atomic mass is 9.87. The first-order chi connectivity index (χ1) is 14.9. The van der Waals surface area contributed by atoms with Gasteiger partial charge in [-0.2, -0.15) is 12.6 Å². The van der Waals surface area contributed by atoms with Crippen molar-refractivity contribution in [3.63, 3.8) is 0 Å². The van der Waals surface area contributed by atoms with Gasteiger partial charge in [-0.1, -0.05) is 6.07 Å². The highest BCUT2D eigenvalue weighted by Crippen LogP contribution is 2.37. The molecule has 2 amide bonds. The molecule has 1 saturated heterocycles. The fourth-order valence-corrected chi connectivity index (χ4v) is 4.30. The van der Waals surface area contributed by atoms with Crippen LogP contribution in [-0.4, -0.2) is 51.2 Å². The number of aryl methyl sites for hydroxylation is 1. The van der Waals surface area contributed by atoms with Crippen molar-refractivity contribution in [1.82, 2.24) is 15.2 Å². The minimum atomic E-state index is -1.08. The molecule has 0 unspecified atom stereocenters. The monoisotopic (exact) mass is 444 g/mol. The summed E-state index contributed by atoms with van der Waals surface area (Å²) < 4.78 is 5.45. The minimum Gasteiger partial charge on any atom is -0.445 e. The van der Waals surface area contributed by atoms with Gasteiger partial charge in [0.2, 0.25) is 5.91 Å². The van der Waals surface area contributed by atoms with Gasteiger partial charge >= 0.3 is 6.09 Å². The van der Waals surface area contributed by atoms with Crippen molar-refractivity contribution in [1.29, 1.82) is 0 Å². The van der Waals surface area contributed by atoms with Crippen LogP contribution >= 0.6 is 12.6 Å². The molecule has 164 valence electrons. The molecule has 0 bridgehead atoms. The first-order valence-electron chi connectivity index (χ1n) is 9.82. The lowest BCUT2D eigenvalue weighted by Crippen LogP contribution is -2.57. The Morgan fingerprint density at radius 3 is 2.68 bits per heavy atom. The summed E-state index contributed by atoms with van der Waals surface area (Å²) >= 11 is 4.54. The van der Waals surface area contributed by atoms with Crippen molar-refractivity contribution in [2.45, 2.75) is 36.7 Å². The SMILES string of the molecule is CNC(=O)[C@]1(CCc2cccnc2)C[C@H](S)CN1C(=O)OCc1ccc([N+](=O)[O-])cc1. The van der Waals surface area contributed by atoms with E-state index in [-0.39, 0.29) is 30.0 Å². The lowest BCUT2D eigenvalue weighted by Gasteiger charge is -2.36. The molecule has 31 heavy (non-hydrogen) atoms. The number of likely N-dealkylation sites (N-methyl/N-ethyl adjacent to an activating group) is 1. The molecule has 0 radical (unpaired) electrons. The molecule has 2 heterocycles. The number of likely N-dealkylation sites (tertiary alicyclic amines) is 1. The maximum absolute atomic E-state index is 13.0. The smallest absolute Gasteiger partial charge is 0.411 e. The molecule has 1 aliphatic heterocycles. The van der Waals surface area contributed by atoms with Gasteiger partial charge in [-0.15, -0.1) is 0 Å². The minimum absolute atomic E-state index is 0.0402. The molecule has 0 saturated carbocycles. The summed E-state index contributed by atoms with van der Waals surface area (Å²) in [5.41, 5.74) is 0.458. The number of ether oxygens (including phenoxy) is 1. The van der Waals surface area contributed by atoms with E-state index in [1.165, 1.54) is 29.2 Å². The van der Waals surface area contributed by atoms with Gasteiger partial charge in [-0.25, -0.2) is 4.79 Å². The van der Waals surface area contributed by atoms with Crippen LogP contribution in [-0.2, 0) is 22.6 Å². The van der Waals surface area contributed by atoms with Crippen molar-refractivity contribution in [2.75, 3.05) is 13.6 Å². The zero-order chi connectivity index (χ0) is 22.4. The fraction of sp³-hybridized carbons (Fsp3) is 0.381. The molecule has 1 fully saturated rings. The molecular formula is C21H24N4O5S. The van der Waals surface area contributed by atoms with E-state index < -0.39 is 16.6 Å². The standard InChI is InChI=1S/C21H24N4O5S/c1-22-19(26)21(9-8-15-3-2-10-23-12-15)11-18(31)13-24(21)20(27)30-14-16-4-6-17(7-5-16)25(28)29/h2-7,10,12,18,31H,8-9,11,13-14H2,1H3,(H,22,26)/t18-,21-/m0/s1. The van der Waals surface area contributed by atoms with Gasteiger partial charge in [-0.05, 0) is 48.6 Å². The molecule has 2 atom stereocenters. The molecule has 9 nitrogen and oxygen atoms in total. The Hall–Kier alpha value is -3.14. The van der Waals surface area contributed by atoms with Gasteiger partial charge in [0.15, 0.2) is 0 Å². The Morgan fingerprint density at radius 2 is 2.06 bits per heavy atom. The molecule has 1 aromatic heterocycles. The van der Waals surface area contributed by atoms with Crippen LogP contribution in [0.3, 0.4) is 0 Å². The van der Waals surface area contributed by atoms with Gasteiger partial charge < -0.3 is 10.1 Å². The van der Waals surface area contributed by atoms with Crippen LogP contribution in [0.15, 0.2) is 48.8 Å². The molecule has 1 N–H and O–H groups in total. The molecule has 1 aliphatic rings. The Kier molecular flexibility index (Phi) is 7.11. The first-order valence-corrected chi connectivity index (χ1v) is 10.3. The van der Waals surface area contributed by atoms with Crippen LogP contribution in [0.1, 0.15) is 24.0 Å². The summed E-state index contributed by atoms with van der Waals surface area (Å²) in [6.07, 6.45) is 4.17. The predicted octanol–water partition coefficient (Wildman–Crippen LogP) is 2.75. The predicted molar refractivity (Wildman–Crippen MR) is 117 cm³/mol. The van der Waals surface area contributed by atoms with Crippen molar-refractivity contribution in [2.24, 2.45) is 0 Å². The van der Waals surface area contributed by atoms with Crippen molar-refractivity contribution in [3.05, 3.63) is 70.0 Å². The number of nitro benzene ring substituents is 1. The highest BCUT2D eigenvalue weighted by molar-refractivity contribution is 7.81. The highest BCUT2D eigenvalue weighted by Gasteiger charge is 2.52. The Morgan fingerprint density at radius 1 is 1.32 bits per heavy atom. The van der Waals surface area contributed by atoms with Crippen molar-refractivity contribution >= 4 is 30.3 Å². The van der Waals surface area contributed by atoms with Crippen LogP contribution in [0.25, 0.3) is 0 Å². The second kappa shape index (κ2) is 9.78. The average molecular weight is 445 g/mol. The Balaban J connectivity index is 1.74. The Labute approximate surface area is 185 Å². The number of rotatable bonds is 7. The second-order valence-corrected chi connectivity index (χ2v) is 8.15. The fourth-order valence-electron chi connectivity index (χ4n) is 3.83. The molecular weight excluding hydrogens is 420 g/mol. The number of non-ortho nitro benzene ring substituents is 1. The van der Waals surface area contributed by atoms with Crippen LogP contribution in [0.4, 0.5) is 10.5 Å². The number of carbonyl (C=O) groups excluding carboxylic acids is 2. The number of hydrogen-bond acceptors (Lipinski definition) is 7.